The van der Waals surface area contributed by atoms with Crippen LogP contribution in [0.4, 0.5) is 8.78 Å². The van der Waals surface area contributed by atoms with E-state index >= 15 is 0 Å². The molecular formula is C12H13F2N3O. The Kier molecular flexibility index (Phi) is 3.66. The molecule has 0 aliphatic rings. The van der Waals surface area contributed by atoms with Crippen LogP contribution in [0.3, 0.4) is 0 Å². The summed E-state index contributed by atoms with van der Waals surface area (Å²) in [6.45, 7) is 2.09. The van der Waals surface area contributed by atoms with Gasteiger partial charge in [0.25, 0.3) is 0 Å². The second-order valence-electron chi connectivity index (χ2n) is 3.85. The van der Waals surface area contributed by atoms with Crippen molar-refractivity contribution in [2.45, 2.75) is 26.5 Å². The lowest BCUT2D eigenvalue weighted by atomic mass is 10.2. The fraction of sp³-hybridized carbons (Fsp3) is 0.333. The first-order valence-corrected chi connectivity index (χ1v) is 5.66. The zero-order valence-electron chi connectivity index (χ0n) is 9.90. The van der Waals surface area contributed by atoms with E-state index in [-0.39, 0.29) is 18.0 Å². The summed E-state index contributed by atoms with van der Waals surface area (Å²) < 4.78 is 28.9. The first-order chi connectivity index (χ1) is 8.69. The summed E-state index contributed by atoms with van der Waals surface area (Å²) in [6.07, 6.45) is 0.744. The molecule has 1 aromatic carbocycles. The summed E-state index contributed by atoms with van der Waals surface area (Å²) >= 11 is 0. The van der Waals surface area contributed by atoms with Crippen LogP contribution in [-0.4, -0.2) is 19.9 Å². The van der Waals surface area contributed by atoms with Crippen LogP contribution in [0.5, 0.6) is 0 Å². The minimum absolute atomic E-state index is 0.108. The monoisotopic (exact) mass is 253 g/mol. The quantitative estimate of drug-likeness (QED) is 0.908. The molecule has 0 unspecified atom stereocenters. The van der Waals surface area contributed by atoms with Crippen molar-refractivity contribution in [1.82, 2.24) is 14.8 Å². The lowest BCUT2D eigenvalue weighted by Crippen LogP contribution is -2.06. The van der Waals surface area contributed by atoms with Gasteiger partial charge in [0.2, 0.25) is 0 Å². The van der Waals surface area contributed by atoms with Crippen molar-refractivity contribution in [3.63, 3.8) is 0 Å². The molecule has 0 saturated heterocycles. The maximum absolute atomic E-state index is 13.7. The zero-order valence-corrected chi connectivity index (χ0v) is 9.90. The Balaban J connectivity index is 2.60. The van der Waals surface area contributed by atoms with Crippen LogP contribution < -0.4 is 0 Å². The first kappa shape index (κ1) is 12.6. The van der Waals surface area contributed by atoms with Gasteiger partial charge in [-0.3, -0.25) is 0 Å². The van der Waals surface area contributed by atoms with Crippen molar-refractivity contribution >= 4 is 0 Å². The van der Waals surface area contributed by atoms with E-state index in [4.69, 9.17) is 5.11 Å². The van der Waals surface area contributed by atoms with Crippen LogP contribution >= 0.6 is 0 Å². The van der Waals surface area contributed by atoms with Crippen molar-refractivity contribution in [1.29, 1.82) is 0 Å². The average Bonchev–Trinajstić information content (AvgIpc) is 2.73. The Morgan fingerprint density at radius 1 is 1.22 bits per heavy atom. The van der Waals surface area contributed by atoms with E-state index in [1.807, 2.05) is 6.92 Å². The van der Waals surface area contributed by atoms with Gasteiger partial charge in [0.15, 0.2) is 11.6 Å². The Bertz CT molecular complexity index is 534. The van der Waals surface area contributed by atoms with Crippen LogP contribution in [0, 0.1) is 11.6 Å². The van der Waals surface area contributed by atoms with Crippen molar-refractivity contribution in [2.75, 3.05) is 0 Å². The van der Waals surface area contributed by atoms with Gasteiger partial charge in [0.05, 0.1) is 5.56 Å². The Labute approximate surface area is 103 Å². The summed E-state index contributed by atoms with van der Waals surface area (Å²) in [5.74, 6) is -0.973. The highest BCUT2D eigenvalue weighted by Gasteiger charge is 2.19. The number of aliphatic hydroxyl groups excluding tert-OH is 1. The molecule has 1 heterocycles. The highest BCUT2D eigenvalue weighted by Crippen LogP contribution is 2.25. The molecule has 4 nitrogen and oxygen atoms in total. The highest BCUT2D eigenvalue weighted by molar-refractivity contribution is 5.57. The molecule has 0 saturated carbocycles. The van der Waals surface area contributed by atoms with Gasteiger partial charge in [-0.15, -0.1) is 10.2 Å². The van der Waals surface area contributed by atoms with E-state index in [1.54, 1.807) is 0 Å². The third kappa shape index (κ3) is 2.11. The van der Waals surface area contributed by atoms with Gasteiger partial charge >= 0.3 is 0 Å². The number of aromatic nitrogens is 3. The summed E-state index contributed by atoms with van der Waals surface area (Å²) in [4.78, 5) is 0. The summed E-state index contributed by atoms with van der Waals surface area (Å²) in [5, 5.41) is 16.6. The third-order valence-electron chi connectivity index (χ3n) is 2.60. The van der Waals surface area contributed by atoms with Gasteiger partial charge in [-0.1, -0.05) is 13.0 Å². The second kappa shape index (κ2) is 5.22. The van der Waals surface area contributed by atoms with E-state index in [0.29, 0.717) is 12.4 Å². The molecule has 18 heavy (non-hydrogen) atoms. The highest BCUT2D eigenvalue weighted by atomic mass is 19.1. The second-order valence-corrected chi connectivity index (χ2v) is 3.85. The van der Waals surface area contributed by atoms with Gasteiger partial charge in [-0.2, -0.15) is 0 Å². The number of halogens is 2. The molecule has 0 aliphatic carbocycles. The van der Waals surface area contributed by atoms with E-state index in [1.165, 1.54) is 22.8 Å². The van der Waals surface area contributed by atoms with E-state index in [9.17, 15) is 8.78 Å². The van der Waals surface area contributed by atoms with Crippen LogP contribution in [0.25, 0.3) is 11.4 Å². The molecule has 1 N–H and O–H groups in total. The van der Waals surface area contributed by atoms with Gasteiger partial charge in [-0.05, 0) is 18.6 Å². The molecule has 0 aliphatic heterocycles. The first-order valence-electron chi connectivity index (χ1n) is 5.66. The Morgan fingerprint density at radius 3 is 2.44 bits per heavy atom. The smallest absolute Gasteiger partial charge is 0.169 e. The molecule has 1 aromatic heterocycles. The fourth-order valence-electron chi connectivity index (χ4n) is 1.81. The summed E-state index contributed by atoms with van der Waals surface area (Å²) in [6, 6.07) is 3.63. The molecule has 0 amide bonds. The molecular weight excluding hydrogens is 240 g/mol. The minimum atomic E-state index is -0.691. The lowest BCUT2D eigenvalue weighted by Gasteiger charge is -2.09. The average molecular weight is 253 g/mol. The molecule has 0 radical (unpaired) electrons. The minimum Gasteiger partial charge on any atom is -0.388 e. The van der Waals surface area contributed by atoms with E-state index in [2.05, 4.69) is 10.2 Å². The molecule has 0 fully saturated rings. The predicted molar refractivity (Wildman–Crippen MR) is 61.6 cm³/mol. The summed E-state index contributed by atoms with van der Waals surface area (Å²) in [5.41, 5.74) is -0.210. The molecule has 6 heteroatoms. The molecule has 2 aromatic rings. The van der Waals surface area contributed by atoms with Crippen molar-refractivity contribution in [3.05, 3.63) is 35.7 Å². The van der Waals surface area contributed by atoms with Gasteiger partial charge in [0, 0.05) is 6.54 Å². The standard InChI is InChI=1S/C12H13F2N3O/c1-2-6-17-10(7-18)15-16-12(17)11-8(13)4-3-5-9(11)14/h3-5,18H,2,6-7H2,1H3. The van der Waals surface area contributed by atoms with Crippen molar-refractivity contribution in [3.8, 4) is 11.4 Å². The van der Waals surface area contributed by atoms with Crippen LogP contribution in [0.2, 0.25) is 0 Å². The molecule has 2 rings (SSSR count). The number of nitrogens with zero attached hydrogens (tertiary/aromatic N) is 3. The third-order valence-corrected chi connectivity index (χ3v) is 2.60. The van der Waals surface area contributed by atoms with Gasteiger partial charge < -0.3 is 9.67 Å². The maximum atomic E-state index is 13.7. The number of hydrogen-bond acceptors (Lipinski definition) is 3. The van der Waals surface area contributed by atoms with Gasteiger partial charge in [-0.25, -0.2) is 8.78 Å². The number of rotatable bonds is 4. The Hall–Kier alpha value is -1.82. The molecule has 0 spiro atoms. The van der Waals surface area contributed by atoms with Crippen LogP contribution in [0.1, 0.15) is 19.2 Å². The fourth-order valence-corrected chi connectivity index (χ4v) is 1.81. The zero-order chi connectivity index (χ0) is 13.1. The van der Waals surface area contributed by atoms with Crippen molar-refractivity contribution < 1.29 is 13.9 Å². The Morgan fingerprint density at radius 2 is 1.89 bits per heavy atom. The molecule has 0 atom stereocenters. The molecule has 0 bridgehead atoms. The number of benzene rings is 1. The van der Waals surface area contributed by atoms with Gasteiger partial charge in [0.1, 0.15) is 18.2 Å². The number of hydrogen-bond donors (Lipinski definition) is 1. The SMILES string of the molecule is CCCn1c(CO)nnc1-c1c(F)cccc1F. The van der Waals surface area contributed by atoms with Crippen LogP contribution in [0.15, 0.2) is 18.2 Å². The maximum Gasteiger partial charge on any atom is 0.169 e. The normalized spacial score (nSPS) is 10.9. The van der Waals surface area contributed by atoms with Crippen molar-refractivity contribution in [2.24, 2.45) is 0 Å². The molecule has 96 valence electrons. The largest absolute Gasteiger partial charge is 0.388 e. The van der Waals surface area contributed by atoms with E-state index in [0.717, 1.165) is 6.42 Å². The summed E-state index contributed by atoms with van der Waals surface area (Å²) in [7, 11) is 0. The van der Waals surface area contributed by atoms with E-state index < -0.39 is 11.6 Å². The van der Waals surface area contributed by atoms with Crippen LogP contribution in [-0.2, 0) is 13.2 Å². The topological polar surface area (TPSA) is 50.9 Å². The lowest BCUT2D eigenvalue weighted by molar-refractivity contribution is 0.264. The predicted octanol–water partition coefficient (Wildman–Crippen LogP) is 2.13. The number of aliphatic hydroxyl groups is 1.